The number of nitrogens with zero attached hydrogens (tertiary/aromatic N) is 10. The van der Waals surface area contributed by atoms with E-state index in [4.69, 9.17) is 41.8 Å². The number of nitriles is 4. The first-order valence-electron chi connectivity index (χ1n) is 12.4. The Bertz CT molecular complexity index is 1260. The number of pyridine rings is 2. The summed E-state index contributed by atoms with van der Waals surface area (Å²) in [5.41, 5.74) is 3.81. The average molecular weight is 592 g/mol. The van der Waals surface area contributed by atoms with E-state index in [1.165, 1.54) is 36.0 Å². The van der Waals surface area contributed by atoms with Crippen LogP contribution in [0.15, 0.2) is 47.5 Å². The zero-order valence-electron chi connectivity index (χ0n) is 24.1. The number of rotatable bonds is 0. The van der Waals surface area contributed by atoms with Crippen LogP contribution in [0.1, 0.15) is 64.3 Å². The third-order valence-electron chi connectivity index (χ3n) is 5.71. The van der Waals surface area contributed by atoms with Crippen molar-refractivity contribution in [3.05, 3.63) is 81.1 Å². The van der Waals surface area contributed by atoms with Crippen LogP contribution in [0, 0.1) is 45.3 Å². The van der Waals surface area contributed by atoms with Crippen molar-refractivity contribution >= 4 is 11.7 Å². The molecule has 4 bridgehead atoms. The molecule has 1 aliphatic heterocycles. The third kappa shape index (κ3) is 13.0. The van der Waals surface area contributed by atoms with Crippen LogP contribution in [-0.4, -0.2) is 42.6 Å². The van der Waals surface area contributed by atoms with Crippen LogP contribution in [0.25, 0.3) is 10.8 Å². The van der Waals surface area contributed by atoms with E-state index in [0.717, 1.165) is 49.0 Å². The Morgan fingerprint density at radius 1 is 0.610 bits per heavy atom. The molecule has 11 heteroatoms. The van der Waals surface area contributed by atoms with Crippen LogP contribution < -0.4 is 0 Å². The molecule has 41 heavy (non-hydrogen) atoms. The summed E-state index contributed by atoms with van der Waals surface area (Å²) < 4.78 is 0. The largest absolute Gasteiger partial charge is 2.00 e. The second kappa shape index (κ2) is 17.3. The Hall–Kier alpha value is -4.41. The smallest absolute Gasteiger partial charge is 0.762 e. The first kappa shape index (κ1) is 36.6. The summed E-state index contributed by atoms with van der Waals surface area (Å²) in [6, 6.07) is 18.4. The topological polar surface area (TPSA) is 172 Å². The van der Waals surface area contributed by atoms with Crippen molar-refractivity contribution in [1.82, 2.24) is 19.8 Å². The van der Waals surface area contributed by atoms with Gasteiger partial charge in [-0.05, 0) is 65.8 Å². The summed E-state index contributed by atoms with van der Waals surface area (Å²) in [5, 5.41) is 46.8. The van der Waals surface area contributed by atoms with Gasteiger partial charge in [0.2, 0.25) is 0 Å². The Balaban J connectivity index is 0.000000888. The molecule has 0 N–H and O–H groups in total. The number of hydrogen-bond donors (Lipinski definition) is 0. The van der Waals surface area contributed by atoms with E-state index in [-0.39, 0.29) is 27.9 Å². The van der Waals surface area contributed by atoms with Gasteiger partial charge in [-0.25, -0.2) is 11.7 Å². The van der Waals surface area contributed by atoms with E-state index in [1.54, 1.807) is 0 Å². The van der Waals surface area contributed by atoms with E-state index in [2.05, 4.69) is 87.7 Å². The summed E-state index contributed by atoms with van der Waals surface area (Å²) in [6.45, 7) is 16.9. The molecule has 2 aromatic rings. The normalized spacial score (nSPS) is 12.7. The maximum absolute atomic E-state index is 7.79. The zero-order chi connectivity index (χ0) is 30.3. The molecule has 1 aliphatic rings. The first-order chi connectivity index (χ1) is 18.8. The van der Waals surface area contributed by atoms with E-state index in [0.29, 0.717) is 0 Å². The van der Waals surface area contributed by atoms with Gasteiger partial charge in [-0.2, -0.15) is 21.0 Å². The maximum atomic E-state index is 7.79. The van der Waals surface area contributed by atoms with Crippen molar-refractivity contribution in [1.29, 1.82) is 21.0 Å². The molecular weight excluding hydrogens is 559 g/mol. The van der Waals surface area contributed by atoms with Gasteiger partial charge in [0, 0.05) is 37.3 Å². The summed E-state index contributed by atoms with van der Waals surface area (Å²) in [4.78, 5) is 14.8. The quantitative estimate of drug-likeness (QED) is 0.311. The molecule has 0 aliphatic carbocycles. The predicted octanol–water partition coefficient (Wildman–Crippen LogP) is 4.79. The van der Waals surface area contributed by atoms with Crippen LogP contribution in [0.3, 0.4) is 0 Å². The third-order valence-corrected chi connectivity index (χ3v) is 5.71. The number of hydrogen-bond acceptors (Lipinski definition) is 8. The van der Waals surface area contributed by atoms with Gasteiger partial charge in [-0.15, -0.1) is 0 Å². The zero-order valence-corrected chi connectivity index (χ0v) is 25.1. The van der Waals surface area contributed by atoms with Crippen molar-refractivity contribution in [3.63, 3.8) is 0 Å². The molecule has 0 spiro atoms. The molecule has 0 fully saturated rings. The molecule has 3 rings (SSSR count). The van der Waals surface area contributed by atoms with E-state index in [9.17, 15) is 0 Å². The Morgan fingerprint density at radius 2 is 0.854 bits per heavy atom. The van der Waals surface area contributed by atoms with Crippen molar-refractivity contribution in [2.45, 2.75) is 78.8 Å². The fourth-order valence-corrected chi connectivity index (χ4v) is 3.40. The van der Waals surface area contributed by atoms with Gasteiger partial charge in [0.15, 0.2) is 0 Å². The molecule has 0 saturated heterocycles. The van der Waals surface area contributed by atoms with Crippen LogP contribution in [0.4, 0.5) is 0 Å². The van der Waals surface area contributed by atoms with Crippen molar-refractivity contribution in [3.8, 4) is 24.3 Å². The first-order valence-corrected chi connectivity index (χ1v) is 12.4. The standard InChI is InChI=1S/C22H32N4.2C4N3.Co/c1-21(2,3)25-13-17-9-7-11-19(23-17)15-26(22(4,5)6)16-20-12-8-10-18(14-25)24-20;2*5-1-4(2-6)3-7;/h7-12H,13-16H2,1-6H3;;;/q;2*-1;+2. The van der Waals surface area contributed by atoms with E-state index < -0.39 is 11.1 Å². The predicted molar refractivity (Wildman–Crippen MR) is 153 cm³/mol. The van der Waals surface area contributed by atoms with Crippen LogP contribution in [0.2, 0.25) is 0 Å². The second-order valence-corrected chi connectivity index (χ2v) is 10.7. The minimum atomic E-state index is -0.403. The van der Waals surface area contributed by atoms with Crippen LogP contribution in [-0.2, 0) is 43.0 Å². The SMILES string of the molecule is CC(C)(C)N1Cc2cccc(n2)CN(C(C)(C)C)Cc2cccc(n2)C1.N#CC(=C=[N-])C#N.N#CC(=C=[N-])C#N.[Co+2]. The molecule has 10 nitrogen and oxygen atoms in total. The van der Waals surface area contributed by atoms with Crippen molar-refractivity contribution < 1.29 is 16.8 Å². The molecule has 2 aromatic heterocycles. The molecule has 1 radical (unpaired) electrons. The Labute approximate surface area is 253 Å². The molecule has 0 aromatic carbocycles. The second-order valence-electron chi connectivity index (χ2n) is 10.7. The van der Waals surface area contributed by atoms with Gasteiger partial charge in [-0.1, -0.05) is 12.1 Å². The summed E-state index contributed by atoms with van der Waals surface area (Å²) in [6.07, 6.45) is 0. The number of aromatic nitrogens is 2. The van der Waals surface area contributed by atoms with Crippen LogP contribution >= 0.6 is 0 Å². The maximum Gasteiger partial charge on any atom is 2.00 e. The average Bonchev–Trinajstić information content (AvgIpc) is 2.90. The number of allylic oxidation sites excluding steroid dienone is 2. The van der Waals surface area contributed by atoms with Gasteiger partial charge in [0.1, 0.15) is 35.4 Å². The molecule has 0 atom stereocenters. The molecular formula is C30H32CoN10. The van der Waals surface area contributed by atoms with Gasteiger partial charge >= 0.3 is 16.8 Å². The fraction of sp³-hybridized carbons (Fsp3) is 0.400. The van der Waals surface area contributed by atoms with E-state index >= 15 is 0 Å². The van der Waals surface area contributed by atoms with Gasteiger partial charge in [-0.3, -0.25) is 19.8 Å². The molecule has 0 saturated carbocycles. The monoisotopic (exact) mass is 591 g/mol. The van der Waals surface area contributed by atoms with Gasteiger partial charge < -0.3 is 10.8 Å². The van der Waals surface area contributed by atoms with E-state index in [1.807, 2.05) is 0 Å². The van der Waals surface area contributed by atoms with Gasteiger partial charge in [0.05, 0.1) is 22.8 Å². The minimum Gasteiger partial charge on any atom is -0.762 e. The molecule has 0 unspecified atom stereocenters. The summed E-state index contributed by atoms with van der Waals surface area (Å²) in [7, 11) is 0. The minimum absolute atomic E-state index is 0. The summed E-state index contributed by atoms with van der Waals surface area (Å²) in [5.74, 6) is 2.79. The fourth-order valence-electron chi connectivity index (χ4n) is 3.40. The van der Waals surface area contributed by atoms with Crippen molar-refractivity contribution in [2.24, 2.45) is 0 Å². The summed E-state index contributed by atoms with van der Waals surface area (Å²) >= 11 is 0. The Kier molecular flexibility index (Phi) is 15.4. The molecule has 0 amide bonds. The number of fused-ring (bicyclic) bond motifs is 4. The van der Waals surface area contributed by atoms with Crippen molar-refractivity contribution in [2.75, 3.05) is 0 Å². The Morgan fingerprint density at radius 3 is 1.00 bits per heavy atom. The molecule has 211 valence electrons. The molecule has 3 heterocycles. The van der Waals surface area contributed by atoms with Crippen LogP contribution in [0.5, 0.6) is 0 Å². The van der Waals surface area contributed by atoms with Gasteiger partial charge in [0.25, 0.3) is 0 Å².